The molecular weight excluding hydrogens is 421 g/mol. The largest absolute Gasteiger partial charge is 0.491 e. The molecule has 172 valence electrons. The second-order valence-corrected chi connectivity index (χ2v) is 8.02. The molecule has 33 heavy (non-hydrogen) atoms. The average Bonchev–Trinajstić information content (AvgIpc) is 2.85. The number of nitrogens with two attached hydrogens (primary N) is 1. The number of amides is 1. The van der Waals surface area contributed by atoms with Crippen molar-refractivity contribution in [3.8, 4) is 16.9 Å². The highest BCUT2D eigenvalue weighted by Crippen LogP contribution is 2.26. The zero-order valence-electron chi connectivity index (χ0n) is 18.6. The van der Waals surface area contributed by atoms with E-state index in [1.54, 1.807) is 36.7 Å². The lowest BCUT2D eigenvalue weighted by atomic mass is 10.0. The fourth-order valence-electron chi connectivity index (χ4n) is 4.04. The van der Waals surface area contributed by atoms with Crippen LogP contribution in [0.25, 0.3) is 11.1 Å². The molecule has 3 N–H and O–H groups in total. The molecule has 1 aliphatic heterocycles. The van der Waals surface area contributed by atoms with Gasteiger partial charge in [-0.1, -0.05) is 18.2 Å². The molecule has 2 heterocycles. The standard InChI is InChI=1S/C25H28FN5O2/c1-2-33-23-13-17(3-8-22(23)26)16-31(21-9-11-28-12-10-21)25-29-14-20(15-30-25)18-4-6-19(7-5-18)24(27)32/h3-8,13-15,21,28H,2,9-12,16H2,1H3,(H2,27,32). The predicted molar refractivity (Wildman–Crippen MR) is 126 cm³/mol. The Morgan fingerprint density at radius 3 is 2.45 bits per heavy atom. The van der Waals surface area contributed by atoms with Crippen molar-refractivity contribution < 1.29 is 13.9 Å². The molecule has 0 spiro atoms. The maximum absolute atomic E-state index is 14.0. The third kappa shape index (κ3) is 5.46. The van der Waals surface area contributed by atoms with Gasteiger partial charge in [0.1, 0.15) is 0 Å². The number of primary amides is 1. The summed E-state index contributed by atoms with van der Waals surface area (Å²) in [6.07, 6.45) is 5.51. The van der Waals surface area contributed by atoms with E-state index in [9.17, 15) is 9.18 Å². The van der Waals surface area contributed by atoms with Crippen LogP contribution in [0.4, 0.5) is 10.3 Å². The molecule has 0 saturated carbocycles. The van der Waals surface area contributed by atoms with E-state index < -0.39 is 5.91 Å². The van der Waals surface area contributed by atoms with E-state index in [2.05, 4.69) is 20.2 Å². The minimum atomic E-state index is -0.459. The van der Waals surface area contributed by atoms with Gasteiger partial charge in [-0.3, -0.25) is 4.79 Å². The van der Waals surface area contributed by atoms with Gasteiger partial charge in [0.15, 0.2) is 11.6 Å². The van der Waals surface area contributed by atoms with Gasteiger partial charge in [0.05, 0.1) is 6.61 Å². The minimum Gasteiger partial charge on any atom is -0.491 e. The van der Waals surface area contributed by atoms with Gasteiger partial charge in [0.25, 0.3) is 0 Å². The van der Waals surface area contributed by atoms with Crippen LogP contribution in [0, 0.1) is 5.82 Å². The number of hydrogen-bond acceptors (Lipinski definition) is 6. The molecule has 1 fully saturated rings. The molecule has 0 bridgehead atoms. The van der Waals surface area contributed by atoms with Gasteiger partial charge in [0.2, 0.25) is 11.9 Å². The molecule has 4 rings (SSSR count). The molecule has 1 aliphatic rings. The number of carbonyl (C=O) groups is 1. The number of piperidine rings is 1. The Balaban J connectivity index is 1.59. The number of halogens is 1. The molecule has 2 aromatic carbocycles. The molecular formula is C25H28FN5O2. The number of hydrogen-bond donors (Lipinski definition) is 2. The zero-order chi connectivity index (χ0) is 23.2. The average molecular weight is 450 g/mol. The van der Waals surface area contributed by atoms with Crippen molar-refractivity contribution in [2.24, 2.45) is 5.73 Å². The first kappa shape index (κ1) is 22.7. The third-order valence-corrected chi connectivity index (χ3v) is 5.80. The summed E-state index contributed by atoms with van der Waals surface area (Å²) in [4.78, 5) is 22.8. The smallest absolute Gasteiger partial charge is 0.248 e. The maximum Gasteiger partial charge on any atom is 0.248 e. The number of nitrogens with one attached hydrogen (secondary N) is 1. The summed E-state index contributed by atoms with van der Waals surface area (Å²) < 4.78 is 19.5. The Hall–Kier alpha value is -3.52. The highest BCUT2D eigenvalue weighted by molar-refractivity contribution is 5.93. The van der Waals surface area contributed by atoms with Gasteiger partial charge >= 0.3 is 0 Å². The van der Waals surface area contributed by atoms with Crippen LogP contribution in [0.5, 0.6) is 5.75 Å². The summed E-state index contributed by atoms with van der Waals surface area (Å²) in [7, 11) is 0. The molecule has 8 heteroatoms. The van der Waals surface area contributed by atoms with Crippen molar-refractivity contribution in [2.75, 3.05) is 24.6 Å². The summed E-state index contributed by atoms with van der Waals surface area (Å²) >= 11 is 0. The molecule has 1 aromatic heterocycles. The van der Waals surface area contributed by atoms with Gasteiger partial charge in [-0.05, 0) is 68.2 Å². The lowest BCUT2D eigenvalue weighted by Crippen LogP contribution is -2.43. The van der Waals surface area contributed by atoms with E-state index in [1.807, 2.05) is 19.1 Å². The number of rotatable bonds is 8. The highest BCUT2D eigenvalue weighted by Gasteiger charge is 2.24. The molecule has 0 aliphatic carbocycles. The molecule has 7 nitrogen and oxygen atoms in total. The molecule has 1 saturated heterocycles. The van der Waals surface area contributed by atoms with Crippen molar-refractivity contribution in [1.29, 1.82) is 0 Å². The number of carbonyl (C=O) groups excluding carboxylic acids is 1. The van der Waals surface area contributed by atoms with E-state index in [0.717, 1.165) is 42.6 Å². The Labute approximate surface area is 192 Å². The second-order valence-electron chi connectivity index (χ2n) is 8.02. The van der Waals surface area contributed by atoms with Crippen LogP contribution in [-0.2, 0) is 6.54 Å². The van der Waals surface area contributed by atoms with Crippen LogP contribution in [0.1, 0.15) is 35.7 Å². The Morgan fingerprint density at radius 1 is 1.12 bits per heavy atom. The predicted octanol–water partition coefficient (Wildman–Crippen LogP) is 3.54. The zero-order valence-corrected chi connectivity index (χ0v) is 18.6. The van der Waals surface area contributed by atoms with E-state index in [0.29, 0.717) is 24.7 Å². The van der Waals surface area contributed by atoms with Crippen molar-refractivity contribution in [3.05, 3.63) is 71.8 Å². The topological polar surface area (TPSA) is 93.4 Å². The second kappa shape index (κ2) is 10.4. The summed E-state index contributed by atoms with van der Waals surface area (Å²) in [5.41, 5.74) is 8.47. The lowest BCUT2D eigenvalue weighted by molar-refractivity contribution is 0.100. The van der Waals surface area contributed by atoms with Gasteiger partial charge in [0, 0.05) is 36.1 Å². The maximum atomic E-state index is 14.0. The van der Waals surface area contributed by atoms with Crippen molar-refractivity contribution in [2.45, 2.75) is 32.4 Å². The first-order valence-electron chi connectivity index (χ1n) is 11.2. The van der Waals surface area contributed by atoms with Gasteiger partial charge < -0.3 is 20.7 Å². The van der Waals surface area contributed by atoms with Crippen molar-refractivity contribution in [3.63, 3.8) is 0 Å². The minimum absolute atomic E-state index is 0.260. The first-order chi connectivity index (χ1) is 16.0. The van der Waals surface area contributed by atoms with Gasteiger partial charge in [-0.2, -0.15) is 0 Å². The molecule has 3 aromatic rings. The first-order valence-corrected chi connectivity index (χ1v) is 11.2. The Kier molecular flexibility index (Phi) is 7.14. The van der Waals surface area contributed by atoms with E-state index in [1.165, 1.54) is 6.07 Å². The summed E-state index contributed by atoms with van der Waals surface area (Å²) in [5.74, 6) is 0.0636. The Bertz CT molecular complexity index is 1080. The number of nitrogens with zero attached hydrogens (tertiary/aromatic N) is 3. The number of aromatic nitrogens is 2. The van der Waals surface area contributed by atoms with Crippen LogP contribution in [0.15, 0.2) is 54.9 Å². The van der Waals surface area contributed by atoms with Crippen LogP contribution in [0.3, 0.4) is 0 Å². The van der Waals surface area contributed by atoms with E-state index >= 15 is 0 Å². The van der Waals surface area contributed by atoms with Crippen molar-refractivity contribution >= 4 is 11.9 Å². The van der Waals surface area contributed by atoms with Crippen LogP contribution in [-0.4, -0.2) is 41.6 Å². The fourth-order valence-corrected chi connectivity index (χ4v) is 4.04. The summed E-state index contributed by atoms with van der Waals surface area (Å²) in [6, 6.07) is 12.3. The van der Waals surface area contributed by atoms with E-state index in [-0.39, 0.29) is 17.6 Å². The quantitative estimate of drug-likeness (QED) is 0.546. The molecule has 1 amide bonds. The summed E-state index contributed by atoms with van der Waals surface area (Å²) in [6.45, 7) is 4.66. The molecule has 0 radical (unpaired) electrons. The SMILES string of the molecule is CCOc1cc(CN(c2ncc(-c3ccc(C(N)=O)cc3)cn2)C2CCNCC2)ccc1F. The van der Waals surface area contributed by atoms with Crippen LogP contribution < -0.4 is 20.7 Å². The normalized spacial score (nSPS) is 14.1. The van der Waals surface area contributed by atoms with Crippen LogP contribution in [0.2, 0.25) is 0 Å². The highest BCUT2D eigenvalue weighted by atomic mass is 19.1. The van der Waals surface area contributed by atoms with Gasteiger partial charge in [-0.25, -0.2) is 14.4 Å². The Morgan fingerprint density at radius 2 is 1.82 bits per heavy atom. The fraction of sp³-hybridized carbons (Fsp3) is 0.320. The summed E-state index contributed by atoms with van der Waals surface area (Å²) in [5, 5.41) is 3.39. The molecule has 0 unspecified atom stereocenters. The van der Waals surface area contributed by atoms with E-state index in [4.69, 9.17) is 10.5 Å². The molecule has 0 atom stereocenters. The van der Waals surface area contributed by atoms with Crippen LogP contribution >= 0.6 is 0 Å². The van der Waals surface area contributed by atoms with Gasteiger partial charge in [-0.15, -0.1) is 0 Å². The monoisotopic (exact) mass is 449 g/mol. The lowest BCUT2D eigenvalue weighted by Gasteiger charge is -2.35. The number of ether oxygens (including phenoxy) is 1. The number of benzene rings is 2. The number of anilines is 1. The third-order valence-electron chi connectivity index (χ3n) is 5.80. The van der Waals surface area contributed by atoms with Crippen molar-refractivity contribution in [1.82, 2.24) is 15.3 Å².